The van der Waals surface area contributed by atoms with Crippen LogP contribution in [0.4, 0.5) is 11.6 Å². The molecule has 0 aliphatic carbocycles. The topological polar surface area (TPSA) is 77.8 Å². The largest absolute Gasteiger partial charge is 0.381 e. The monoisotopic (exact) mass is 346 g/mol. The average molecular weight is 346 g/mol. The minimum absolute atomic E-state index is 0.260. The Morgan fingerprint density at radius 3 is 1.15 bits per heavy atom. The molecular weight excluding hydrogens is 320 g/mol. The molecule has 0 radical (unpaired) electrons. The van der Waals surface area contributed by atoms with E-state index in [9.17, 15) is 0 Å². The van der Waals surface area contributed by atoms with Crippen molar-refractivity contribution in [2.45, 2.75) is 39.5 Å². The molecule has 26 heavy (non-hydrogen) atoms. The summed E-state index contributed by atoms with van der Waals surface area (Å²) in [5, 5.41) is 0. The predicted molar refractivity (Wildman–Crippen MR) is 110 cm³/mol. The zero-order valence-corrected chi connectivity index (χ0v) is 15.8. The van der Waals surface area contributed by atoms with Crippen molar-refractivity contribution in [2.24, 2.45) is 0 Å². The van der Waals surface area contributed by atoms with Gasteiger partial charge in [0.2, 0.25) is 0 Å². The van der Waals surface area contributed by atoms with Gasteiger partial charge in [0.1, 0.15) is 0 Å². The molecule has 0 atom stereocenters. The summed E-state index contributed by atoms with van der Waals surface area (Å²) < 4.78 is 0. The number of hydrogen-bond donors (Lipinski definition) is 2. The highest BCUT2D eigenvalue weighted by Crippen LogP contribution is 2.32. The van der Waals surface area contributed by atoms with Crippen LogP contribution < -0.4 is 11.5 Å². The zero-order chi connectivity index (χ0) is 18.8. The molecule has 4 N–H and O–H groups in total. The third-order valence-corrected chi connectivity index (χ3v) is 4.65. The maximum Gasteiger partial charge on any atom is 0.166 e. The lowest BCUT2D eigenvalue weighted by molar-refractivity contribution is 0.866. The number of aromatic nitrogens is 2. The SMILES string of the molecule is CC(C)c1ccc(-c2nc(N)c(N)nc2-c2ccc(C(C)C)cc2)cc1. The van der Waals surface area contributed by atoms with Gasteiger partial charge in [-0.25, -0.2) is 9.97 Å². The summed E-state index contributed by atoms with van der Waals surface area (Å²) in [4.78, 5) is 9.08. The molecule has 0 saturated carbocycles. The number of rotatable bonds is 4. The predicted octanol–water partition coefficient (Wildman–Crippen LogP) is 5.22. The molecule has 0 bridgehead atoms. The summed E-state index contributed by atoms with van der Waals surface area (Å²) in [5.41, 5.74) is 17.9. The average Bonchev–Trinajstić information content (AvgIpc) is 2.63. The zero-order valence-electron chi connectivity index (χ0n) is 15.8. The Bertz CT molecular complexity index is 818. The van der Waals surface area contributed by atoms with Gasteiger partial charge in [0, 0.05) is 11.1 Å². The van der Waals surface area contributed by atoms with Crippen LogP contribution in [0.5, 0.6) is 0 Å². The Morgan fingerprint density at radius 2 is 0.885 bits per heavy atom. The van der Waals surface area contributed by atoms with Gasteiger partial charge in [-0.1, -0.05) is 76.2 Å². The van der Waals surface area contributed by atoms with Crippen molar-refractivity contribution in [3.8, 4) is 22.5 Å². The molecule has 4 nitrogen and oxygen atoms in total. The molecule has 1 heterocycles. The Labute approximate surface area is 155 Å². The standard InChI is InChI=1S/C22H26N4/c1-13(2)15-5-9-17(10-6-15)19-20(26-22(24)21(23)25-19)18-11-7-16(8-12-18)14(3)4/h5-14H,1-4H3,(H2,23,25)(H2,24,26). The summed E-state index contributed by atoms with van der Waals surface area (Å²) in [5.74, 6) is 1.48. The first kappa shape index (κ1) is 17.9. The smallest absolute Gasteiger partial charge is 0.166 e. The molecule has 2 aromatic carbocycles. The van der Waals surface area contributed by atoms with E-state index in [4.69, 9.17) is 11.5 Å². The summed E-state index contributed by atoms with van der Waals surface area (Å²) in [6.07, 6.45) is 0. The van der Waals surface area contributed by atoms with Crippen molar-refractivity contribution >= 4 is 11.6 Å². The molecule has 1 aromatic heterocycles. The fourth-order valence-corrected chi connectivity index (χ4v) is 2.92. The van der Waals surface area contributed by atoms with E-state index in [-0.39, 0.29) is 11.6 Å². The van der Waals surface area contributed by atoms with Crippen molar-refractivity contribution < 1.29 is 0 Å². The van der Waals surface area contributed by atoms with Crippen molar-refractivity contribution in [3.05, 3.63) is 59.7 Å². The van der Waals surface area contributed by atoms with Gasteiger partial charge in [-0.2, -0.15) is 0 Å². The van der Waals surface area contributed by atoms with Gasteiger partial charge in [0.25, 0.3) is 0 Å². The highest BCUT2D eigenvalue weighted by atomic mass is 15.0. The lowest BCUT2D eigenvalue weighted by Crippen LogP contribution is -2.05. The number of nitrogens with zero attached hydrogens (tertiary/aromatic N) is 2. The van der Waals surface area contributed by atoms with E-state index >= 15 is 0 Å². The van der Waals surface area contributed by atoms with Crippen LogP contribution >= 0.6 is 0 Å². The fraction of sp³-hybridized carbons (Fsp3) is 0.273. The van der Waals surface area contributed by atoms with Crippen LogP contribution in [0, 0.1) is 0 Å². The van der Waals surface area contributed by atoms with Crippen molar-refractivity contribution in [3.63, 3.8) is 0 Å². The maximum absolute atomic E-state index is 5.95. The van der Waals surface area contributed by atoms with Crippen LogP contribution in [0.1, 0.15) is 50.7 Å². The van der Waals surface area contributed by atoms with Gasteiger partial charge < -0.3 is 11.5 Å². The normalized spacial score (nSPS) is 11.3. The van der Waals surface area contributed by atoms with Gasteiger partial charge in [0.05, 0.1) is 11.4 Å². The molecule has 0 aliphatic heterocycles. The third-order valence-electron chi connectivity index (χ3n) is 4.65. The maximum atomic E-state index is 5.95. The molecule has 134 valence electrons. The second-order valence-electron chi connectivity index (χ2n) is 7.24. The van der Waals surface area contributed by atoms with Gasteiger partial charge in [-0.15, -0.1) is 0 Å². The molecule has 0 spiro atoms. The van der Waals surface area contributed by atoms with Gasteiger partial charge in [-0.05, 0) is 23.0 Å². The van der Waals surface area contributed by atoms with Crippen LogP contribution in [0.2, 0.25) is 0 Å². The first-order valence-corrected chi connectivity index (χ1v) is 9.00. The third kappa shape index (κ3) is 3.54. The Kier molecular flexibility index (Phi) is 4.94. The van der Waals surface area contributed by atoms with E-state index < -0.39 is 0 Å². The van der Waals surface area contributed by atoms with E-state index in [1.165, 1.54) is 11.1 Å². The van der Waals surface area contributed by atoms with E-state index in [0.717, 1.165) is 22.5 Å². The van der Waals surface area contributed by atoms with Crippen LogP contribution in [-0.4, -0.2) is 9.97 Å². The van der Waals surface area contributed by atoms with E-state index in [1.54, 1.807) is 0 Å². The molecule has 0 unspecified atom stereocenters. The van der Waals surface area contributed by atoms with Crippen LogP contribution in [0.25, 0.3) is 22.5 Å². The minimum Gasteiger partial charge on any atom is -0.381 e. The first-order chi connectivity index (χ1) is 12.4. The molecule has 0 amide bonds. The summed E-state index contributed by atoms with van der Waals surface area (Å²) >= 11 is 0. The van der Waals surface area contributed by atoms with Crippen LogP contribution in [0.3, 0.4) is 0 Å². The quantitative estimate of drug-likeness (QED) is 0.679. The van der Waals surface area contributed by atoms with Crippen molar-refractivity contribution in [2.75, 3.05) is 11.5 Å². The molecule has 4 heteroatoms. The molecular formula is C22H26N4. The lowest BCUT2D eigenvalue weighted by atomic mass is 9.97. The van der Waals surface area contributed by atoms with Crippen LogP contribution in [-0.2, 0) is 0 Å². The Balaban J connectivity index is 2.11. The van der Waals surface area contributed by atoms with E-state index in [2.05, 4.69) is 86.2 Å². The second-order valence-corrected chi connectivity index (χ2v) is 7.24. The number of anilines is 2. The minimum atomic E-state index is 0.260. The van der Waals surface area contributed by atoms with E-state index in [1.807, 2.05) is 0 Å². The number of hydrogen-bond acceptors (Lipinski definition) is 4. The molecule has 3 aromatic rings. The summed E-state index contributed by atoms with van der Waals surface area (Å²) in [7, 11) is 0. The van der Waals surface area contributed by atoms with Crippen LogP contribution in [0.15, 0.2) is 48.5 Å². The lowest BCUT2D eigenvalue weighted by Gasteiger charge is -2.13. The van der Waals surface area contributed by atoms with Crippen molar-refractivity contribution in [1.82, 2.24) is 9.97 Å². The number of nitrogens with two attached hydrogens (primary N) is 2. The molecule has 3 rings (SSSR count). The molecule has 0 saturated heterocycles. The van der Waals surface area contributed by atoms with Crippen molar-refractivity contribution in [1.29, 1.82) is 0 Å². The highest BCUT2D eigenvalue weighted by Gasteiger charge is 2.15. The summed E-state index contributed by atoms with van der Waals surface area (Å²) in [6.45, 7) is 8.71. The Morgan fingerprint density at radius 1 is 0.577 bits per heavy atom. The Hall–Kier alpha value is -2.88. The van der Waals surface area contributed by atoms with Gasteiger partial charge in [-0.3, -0.25) is 0 Å². The van der Waals surface area contributed by atoms with E-state index in [0.29, 0.717) is 11.8 Å². The first-order valence-electron chi connectivity index (χ1n) is 9.00. The number of benzene rings is 2. The van der Waals surface area contributed by atoms with Gasteiger partial charge >= 0.3 is 0 Å². The second kappa shape index (κ2) is 7.16. The number of nitrogen functional groups attached to an aromatic ring is 2. The fourth-order valence-electron chi connectivity index (χ4n) is 2.92. The molecule has 0 aliphatic rings. The molecule has 0 fully saturated rings. The van der Waals surface area contributed by atoms with Gasteiger partial charge in [0.15, 0.2) is 11.6 Å². The summed E-state index contributed by atoms with van der Waals surface area (Å²) in [6, 6.07) is 16.8. The highest BCUT2D eigenvalue weighted by molar-refractivity contribution is 5.81.